The maximum Gasteiger partial charge on any atom is 0.263 e. The highest BCUT2D eigenvalue weighted by Crippen LogP contribution is 2.22. The van der Waals surface area contributed by atoms with Crippen molar-refractivity contribution in [3.63, 3.8) is 0 Å². The summed E-state index contributed by atoms with van der Waals surface area (Å²) in [5.74, 6) is 1.55. The third-order valence-electron chi connectivity index (χ3n) is 4.37. The fourth-order valence-corrected chi connectivity index (χ4v) is 2.79. The van der Waals surface area contributed by atoms with Crippen LogP contribution in [0.3, 0.4) is 0 Å². The van der Waals surface area contributed by atoms with Gasteiger partial charge in [0, 0.05) is 19.7 Å². The lowest BCUT2D eigenvalue weighted by atomic mass is 9.97. The number of piperidine rings is 1. The van der Waals surface area contributed by atoms with Crippen molar-refractivity contribution in [1.29, 1.82) is 0 Å². The summed E-state index contributed by atoms with van der Waals surface area (Å²) in [5, 5.41) is 9.16. The van der Waals surface area contributed by atoms with Crippen LogP contribution >= 0.6 is 0 Å². The first-order valence-electron chi connectivity index (χ1n) is 8.17. The quantitative estimate of drug-likeness (QED) is 0.910. The minimum Gasteiger partial charge on any atom is -0.481 e. The number of nitrogens with zero attached hydrogens (tertiary/aromatic N) is 1. The Labute approximate surface area is 133 Å². The normalized spacial score (nSPS) is 17.6. The van der Waals surface area contributed by atoms with Crippen molar-refractivity contribution in [1.82, 2.24) is 4.90 Å². The van der Waals surface area contributed by atoms with Gasteiger partial charge in [-0.3, -0.25) is 4.79 Å². The van der Waals surface area contributed by atoms with Crippen molar-refractivity contribution in [2.45, 2.75) is 45.6 Å². The molecule has 4 heteroatoms. The van der Waals surface area contributed by atoms with Gasteiger partial charge in [-0.25, -0.2) is 0 Å². The molecule has 1 aromatic carbocycles. The molecule has 22 heavy (non-hydrogen) atoms. The topological polar surface area (TPSA) is 49.8 Å². The summed E-state index contributed by atoms with van der Waals surface area (Å²) < 4.78 is 5.83. The molecule has 0 radical (unpaired) electrons. The predicted octanol–water partition coefficient (Wildman–Crippen LogP) is 2.81. The van der Waals surface area contributed by atoms with Crippen LogP contribution in [0.2, 0.25) is 0 Å². The molecule has 0 aromatic heterocycles. The van der Waals surface area contributed by atoms with Crippen LogP contribution in [-0.2, 0) is 4.79 Å². The van der Waals surface area contributed by atoms with Crippen molar-refractivity contribution >= 4 is 5.91 Å². The van der Waals surface area contributed by atoms with E-state index in [0.29, 0.717) is 24.9 Å². The smallest absolute Gasteiger partial charge is 0.263 e. The Morgan fingerprint density at radius 1 is 1.32 bits per heavy atom. The molecule has 1 amide bonds. The highest BCUT2D eigenvalue weighted by molar-refractivity contribution is 5.81. The first-order chi connectivity index (χ1) is 10.5. The summed E-state index contributed by atoms with van der Waals surface area (Å²) in [5.41, 5.74) is 1.21. The van der Waals surface area contributed by atoms with Crippen LogP contribution in [0.5, 0.6) is 5.75 Å². The van der Waals surface area contributed by atoms with E-state index in [2.05, 4.69) is 19.9 Å². The monoisotopic (exact) mass is 305 g/mol. The van der Waals surface area contributed by atoms with Gasteiger partial charge in [-0.15, -0.1) is 0 Å². The van der Waals surface area contributed by atoms with Gasteiger partial charge in [0.25, 0.3) is 5.91 Å². The lowest BCUT2D eigenvalue weighted by Gasteiger charge is -2.32. The molecule has 1 fully saturated rings. The molecule has 1 atom stereocenters. The molecule has 0 aliphatic carbocycles. The first-order valence-corrected chi connectivity index (χ1v) is 8.17. The Kier molecular flexibility index (Phi) is 5.83. The first kappa shape index (κ1) is 16.8. The number of hydrogen-bond donors (Lipinski definition) is 1. The fraction of sp³-hybridized carbons (Fsp3) is 0.611. The minimum absolute atomic E-state index is 0.0336. The molecule has 2 rings (SSSR count). The standard InChI is InChI=1S/C18H27NO3/c1-13(2)16-5-4-6-17(11-16)22-14(3)18(21)19-9-7-15(12-20)8-10-19/h4-6,11,13-15,20H,7-10,12H2,1-3H3. The Balaban J connectivity index is 1.93. The molecule has 0 bridgehead atoms. The molecule has 1 unspecified atom stereocenters. The molecule has 1 heterocycles. The van der Waals surface area contributed by atoms with E-state index in [1.165, 1.54) is 5.56 Å². The zero-order valence-electron chi connectivity index (χ0n) is 13.8. The van der Waals surface area contributed by atoms with Crippen LogP contribution in [0.4, 0.5) is 0 Å². The SMILES string of the molecule is CC(Oc1cccc(C(C)C)c1)C(=O)N1CCC(CO)CC1. The van der Waals surface area contributed by atoms with Gasteiger partial charge in [0.05, 0.1) is 0 Å². The summed E-state index contributed by atoms with van der Waals surface area (Å²) >= 11 is 0. The summed E-state index contributed by atoms with van der Waals surface area (Å²) in [6.07, 6.45) is 1.27. The number of amides is 1. The highest BCUT2D eigenvalue weighted by atomic mass is 16.5. The highest BCUT2D eigenvalue weighted by Gasteiger charge is 2.26. The average molecular weight is 305 g/mol. The molecule has 1 saturated heterocycles. The molecule has 1 aliphatic rings. The molecule has 4 nitrogen and oxygen atoms in total. The molecule has 1 aliphatic heterocycles. The van der Waals surface area contributed by atoms with Gasteiger partial charge in [-0.2, -0.15) is 0 Å². The second-order valence-corrected chi connectivity index (χ2v) is 6.44. The van der Waals surface area contributed by atoms with Crippen LogP contribution < -0.4 is 4.74 Å². The molecular formula is C18H27NO3. The Morgan fingerprint density at radius 3 is 2.59 bits per heavy atom. The summed E-state index contributed by atoms with van der Waals surface area (Å²) in [4.78, 5) is 14.3. The average Bonchev–Trinajstić information content (AvgIpc) is 2.54. The number of aliphatic hydroxyl groups excluding tert-OH is 1. The minimum atomic E-state index is -0.479. The van der Waals surface area contributed by atoms with Gasteiger partial charge < -0.3 is 14.7 Å². The number of carbonyl (C=O) groups is 1. The van der Waals surface area contributed by atoms with E-state index in [1.54, 1.807) is 0 Å². The Morgan fingerprint density at radius 2 is 2.00 bits per heavy atom. The third kappa shape index (κ3) is 4.23. The summed E-state index contributed by atoms with van der Waals surface area (Å²) in [6.45, 7) is 7.73. The van der Waals surface area contributed by atoms with Crippen LogP contribution in [0, 0.1) is 5.92 Å². The molecular weight excluding hydrogens is 278 g/mol. The molecule has 1 N–H and O–H groups in total. The number of hydrogen-bond acceptors (Lipinski definition) is 3. The van der Waals surface area contributed by atoms with E-state index in [9.17, 15) is 4.79 Å². The van der Waals surface area contributed by atoms with Crippen LogP contribution in [-0.4, -0.2) is 41.7 Å². The summed E-state index contributed by atoms with van der Waals surface area (Å²) in [7, 11) is 0. The van der Waals surface area contributed by atoms with Crippen LogP contribution in [0.1, 0.15) is 45.1 Å². The van der Waals surface area contributed by atoms with E-state index in [-0.39, 0.29) is 12.5 Å². The van der Waals surface area contributed by atoms with Crippen LogP contribution in [0.25, 0.3) is 0 Å². The number of rotatable bonds is 5. The van der Waals surface area contributed by atoms with E-state index in [4.69, 9.17) is 9.84 Å². The predicted molar refractivity (Wildman–Crippen MR) is 87.0 cm³/mol. The number of likely N-dealkylation sites (tertiary alicyclic amines) is 1. The fourth-order valence-electron chi connectivity index (χ4n) is 2.79. The van der Waals surface area contributed by atoms with Crippen LogP contribution in [0.15, 0.2) is 24.3 Å². The number of benzene rings is 1. The molecule has 1 aromatic rings. The van der Waals surface area contributed by atoms with Crippen molar-refractivity contribution in [2.24, 2.45) is 5.92 Å². The lowest BCUT2D eigenvalue weighted by molar-refractivity contribution is -0.139. The lowest BCUT2D eigenvalue weighted by Crippen LogP contribution is -2.45. The molecule has 0 saturated carbocycles. The van der Waals surface area contributed by atoms with Gasteiger partial charge in [0.1, 0.15) is 5.75 Å². The third-order valence-corrected chi connectivity index (χ3v) is 4.37. The maximum absolute atomic E-state index is 12.5. The van der Waals surface area contributed by atoms with Crippen molar-refractivity contribution in [3.05, 3.63) is 29.8 Å². The Bertz CT molecular complexity index is 493. The number of carbonyl (C=O) groups excluding carboxylic acids is 1. The van der Waals surface area contributed by atoms with Gasteiger partial charge >= 0.3 is 0 Å². The second-order valence-electron chi connectivity index (χ2n) is 6.44. The summed E-state index contributed by atoms with van der Waals surface area (Å²) in [6, 6.07) is 7.94. The van der Waals surface area contributed by atoms with Crippen molar-refractivity contribution < 1.29 is 14.6 Å². The van der Waals surface area contributed by atoms with E-state index < -0.39 is 6.10 Å². The van der Waals surface area contributed by atoms with Crippen molar-refractivity contribution in [3.8, 4) is 5.75 Å². The molecule has 122 valence electrons. The Hall–Kier alpha value is -1.55. The molecule has 0 spiro atoms. The van der Waals surface area contributed by atoms with Gasteiger partial charge in [0.2, 0.25) is 0 Å². The zero-order chi connectivity index (χ0) is 16.1. The maximum atomic E-state index is 12.5. The van der Waals surface area contributed by atoms with Crippen molar-refractivity contribution in [2.75, 3.05) is 19.7 Å². The second kappa shape index (κ2) is 7.63. The van der Waals surface area contributed by atoms with Gasteiger partial charge in [-0.1, -0.05) is 26.0 Å². The van der Waals surface area contributed by atoms with E-state index in [0.717, 1.165) is 18.6 Å². The van der Waals surface area contributed by atoms with Gasteiger partial charge in [-0.05, 0) is 49.3 Å². The number of aliphatic hydroxyl groups is 1. The number of ether oxygens (including phenoxy) is 1. The zero-order valence-corrected chi connectivity index (χ0v) is 13.8. The van der Waals surface area contributed by atoms with Gasteiger partial charge in [0.15, 0.2) is 6.10 Å². The largest absolute Gasteiger partial charge is 0.481 e. The van der Waals surface area contributed by atoms with E-state index in [1.807, 2.05) is 30.0 Å². The van der Waals surface area contributed by atoms with E-state index >= 15 is 0 Å².